The molecular formula is C31H43N3O3. The van der Waals surface area contributed by atoms with Gasteiger partial charge < -0.3 is 18.9 Å². The molecule has 0 radical (unpaired) electrons. The van der Waals surface area contributed by atoms with Gasteiger partial charge in [-0.05, 0) is 30.7 Å². The Balaban J connectivity index is 1.42. The third-order valence-corrected chi connectivity index (χ3v) is 7.59. The van der Waals surface area contributed by atoms with E-state index in [1.807, 2.05) is 29.2 Å². The number of hydrogen-bond acceptors (Lipinski definition) is 4. The molecule has 0 bridgehead atoms. The maximum atomic E-state index is 13.2. The van der Waals surface area contributed by atoms with Crippen LogP contribution in [0.15, 0.2) is 42.5 Å². The van der Waals surface area contributed by atoms with E-state index in [-0.39, 0.29) is 11.8 Å². The van der Waals surface area contributed by atoms with E-state index in [4.69, 9.17) is 14.5 Å². The molecule has 6 heteroatoms. The van der Waals surface area contributed by atoms with Crippen LogP contribution in [-0.4, -0.2) is 36.2 Å². The largest absolute Gasteiger partial charge is 0.497 e. The molecule has 1 unspecified atom stereocenters. The number of unbranched alkanes of at least 4 members (excludes halogenated alkanes) is 9. The number of nitrogens with zero attached hydrogens (tertiary/aromatic N) is 3. The van der Waals surface area contributed by atoms with Crippen molar-refractivity contribution in [2.24, 2.45) is 0 Å². The number of aromatic nitrogens is 2. The molecule has 1 saturated heterocycles. The first kappa shape index (κ1) is 27.0. The van der Waals surface area contributed by atoms with Crippen LogP contribution in [0.5, 0.6) is 11.5 Å². The van der Waals surface area contributed by atoms with E-state index in [9.17, 15) is 4.79 Å². The number of carbonyl (C=O) groups is 1. The lowest BCUT2D eigenvalue weighted by molar-refractivity contribution is -0.117. The molecular weight excluding hydrogens is 462 g/mol. The van der Waals surface area contributed by atoms with Gasteiger partial charge in [-0.25, -0.2) is 4.98 Å². The standard InChI is InChI=1S/C31H43N3O3/c1-4-5-6-7-8-9-10-11-12-15-20-33-27-17-14-13-16-26(27)32-31(33)24-21-30(35)34(23-24)28-22-25(36-2)18-19-29(28)37-3/h13-14,16-19,22,24H,4-12,15,20-21,23H2,1-3H3. The predicted octanol–water partition coefficient (Wildman–Crippen LogP) is 7.49. The lowest BCUT2D eigenvalue weighted by Crippen LogP contribution is -2.25. The fourth-order valence-electron chi connectivity index (χ4n) is 5.52. The first-order valence-corrected chi connectivity index (χ1v) is 14.1. The van der Waals surface area contributed by atoms with Crippen LogP contribution in [0.25, 0.3) is 11.0 Å². The summed E-state index contributed by atoms with van der Waals surface area (Å²) < 4.78 is 13.3. The average Bonchev–Trinajstić information content (AvgIpc) is 3.49. The van der Waals surface area contributed by atoms with E-state index in [1.54, 1.807) is 14.2 Å². The molecule has 0 N–H and O–H groups in total. The van der Waals surface area contributed by atoms with Crippen LogP contribution in [0.1, 0.15) is 89.3 Å². The van der Waals surface area contributed by atoms with Crippen molar-refractivity contribution in [1.82, 2.24) is 9.55 Å². The molecule has 1 aliphatic heterocycles. The Morgan fingerprint density at radius 1 is 0.892 bits per heavy atom. The third-order valence-electron chi connectivity index (χ3n) is 7.59. The molecule has 6 nitrogen and oxygen atoms in total. The molecule has 2 heterocycles. The van der Waals surface area contributed by atoms with Gasteiger partial charge in [0.2, 0.25) is 5.91 Å². The Hall–Kier alpha value is -3.02. The number of aryl methyl sites for hydroxylation is 1. The van der Waals surface area contributed by atoms with E-state index in [1.165, 1.54) is 63.3 Å². The highest BCUT2D eigenvalue weighted by atomic mass is 16.5. The second-order valence-electron chi connectivity index (χ2n) is 10.2. The topological polar surface area (TPSA) is 56.6 Å². The maximum absolute atomic E-state index is 13.2. The van der Waals surface area contributed by atoms with Crippen LogP contribution in [-0.2, 0) is 11.3 Å². The molecule has 2 aromatic carbocycles. The SMILES string of the molecule is CCCCCCCCCCCCn1c(C2CC(=O)N(c3cc(OC)ccc3OC)C2)nc2ccccc21. The summed E-state index contributed by atoms with van der Waals surface area (Å²) in [5, 5.41) is 0. The number of anilines is 1. The number of para-hydroxylation sites is 2. The lowest BCUT2D eigenvalue weighted by Gasteiger charge is -2.20. The summed E-state index contributed by atoms with van der Waals surface area (Å²) in [6.45, 7) is 3.80. The summed E-state index contributed by atoms with van der Waals surface area (Å²) in [6, 6.07) is 13.9. The molecule has 1 amide bonds. The first-order chi connectivity index (χ1) is 18.2. The minimum Gasteiger partial charge on any atom is -0.497 e. The van der Waals surface area contributed by atoms with Crippen molar-refractivity contribution < 1.29 is 14.3 Å². The first-order valence-electron chi connectivity index (χ1n) is 14.1. The fraction of sp³-hybridized carbons (Fsp3) is 0.548. The zero-order chi connectivity index (χ0) is 26.0. The zero-order valence-electron chi connectivity index (χ0n) is 22.9. The summed E-state index contributed by atoms with van der Waals surface area (Å²) in [5.41, 5.74) is 2.93. The average molecular weight is 506 g/mol. The van der Waals surface area contributed by atoms with Crippen molar-refractivity contribution in [2.45, 2.75) is 90.0 Å². The number of ether oxygens (including phenoxy) is 2. The van der Waals surface area contributed by atoms with E-state index in [2.05, 4.69) is 29.7 Å². The normalized spacial score (nSPS) is 15.6. The van der Waals surface area contributed by atoms with Gasteiger partial charge in [-0.2, -0.15) is 0 Å². The number of amides is 1. The molecule has 0 aliphatic carbocycles. The number of imidazole rings is 1. The van der Waals surface area contributed by atoms with Gasteiger partial charge in [0.05, 0.1) is 30.9 Å². The van der Waals surface area contributed by atoms with Crippen molar-refractivity contribution in [3.8, 4) is 11.5 Å². The van der Waals surface area contributed by atoms with Crippen LogP contribution in [0.4, 0.5) is 5.69 Å². The monoisotopic (exact) mass is 505 g/mol. The zero-order valence-corrected chi connectivity index (χ0v) is 22.9. The van der Waals surface area contributed by atoms with Gasteiger partial charge in [0, 0.05) is 31.5 Å². The molecule has 200 valence electrons. The highest BCUT2D eigenvalue weighted by Crippen LogP contribution is 2.39. The predicted molar refractivity (Wildman–Crippen MR) is 151 cm³/mol. The number of fused-ring (bicyclic) bond motifs is 1. The van der Waals surface area contributed by atoms with Crippen molar-refractivity contribution >= 4 is 22.6 Å². The molecule has 37 heavy (non-hydrogen) atoms. The summed E-state index contributed by atoms with van der Waals surface area (Å²) in [6.07, 6.45) is 13.6. The number of methoxy groups -OCH3 is 2. The van der Waals surface area contributed by atoms with Gasteiger partial charge in [0.25, 0.3) is 0 Å². The highest BCUT2D eigenvalue weighted by Gasteiger charge is 2.36. The Morgan fingerprint density at radius 3 is 2.30 bits per heavy atom. The van der Waals surface area contributed by atoms with Crippen LogP contribution < -0.4 is 14.4 Å². The van der Waals surface area contributed by atoms with Gasteiger partial charge >= 0.3 is 0 Å². The summed E-state index contributed by atoms with van der Waals surface area (Å²) in [5.74, 6) is 2.54. The molecule has 1 aliphatic rings. The van der Waals surface area contributed by atoms with Crippen molar-refractivity contribution in [2.75, 3.05) is 25.7 Å². The van der Waals surface area contributed by atoms with Crippen LogP contribution in [0.3, 0.4) is 0 Å². The van der Waals surface area contributed by atoms with Crippen LogP contribution in [0.2, 0.25) is 0 Å². The van der Waals surface area contributed by atoms with Gasteiger partial charge in [0.1, 0.15) is 17.3 Å². The summed E-state index contributed by atoms with van der Waals surface area (Å²) >= 11 is 0. The van der Waals surface area contributed by atoms with Crippen molar-refractivity contribution in [3.05, 3.63) is 48.3 Å². The molecule has 1 aromatic heterocycles. The van der Waals surface area contributed by atoms with Gasteiger partial charge in [0.15, 0.2) is 0 Å². The molecule has 1 atom stereocenters. The second-order valence-corrected chi connectivity index (χ2v) is 10.2. The fourth-order valence-corrected chi connectivity index (χ4v) is 5.52. The van der Waals surface area contributed by atoms with E-state index >= 15 is 0 Å². The van der Waals surface area contributed by atoms with Gasteiger partial charge in [-0.1, -0.05) is 76.8 Å². The smallest absolute Gasteiger partial charge is 0.227 e. The molecule has 0 saturated carbocycles. The number of hydrogen-bond donors (Lipinski definition) is 0. The number of carbonyl (C=O) groups excluding carboxylic acids is 1. The van der Waals surface area contributed by atoms with Crippen LogP contribution >= 0.6 is 0 Å². The maximum Gasteiger partial charge on any atom is 0.227 e. The van der Waals surface area contributed by atoms with E-state index in [0.29, 0.717) is 24.5 Å². The van der Waals surface area contributed by atoms with E-state index in [0.717, 1.165) is 30.0 Å². The quantitative estimate of drug-likeness (QED) is 0.201. The van der Waals surface area contributed by atoms with E-state index < -0.39 is 0 Å². The van der Waals surface area contributed by atoms with Gasteiger partial charge in [-0.3, -0.25) is 4.79 Å². The Labute approximate surface area is 222 Å². The Bertz CT molecular complexity index is 1160. The Morgan fingerprint density at radius 2 is 1.59 bits per heavy atom. The number of rotatable bonds is 15. The molecule has 4 rings (SSSR count). The number of benzene rings is 2. The summed E-state index contributed by atoms with van der Waals surface area (Å²) in [4.78, 5) is 20.0. The Kier molecular flexibility index (Phi) is 9.86. The second kappa shape index (κ2) is 13.5. The van der Waals surface area contributed by atoms with Crippen LogP contribution in [0, 0.1) is 0 Å². The highest BCUT2D eigenvalue weighted by molar-refractivity contribution is 5.98. The lowest BCUT2D eigenvalue weighted by atomic mass is 10.1. The molecule has 1 fully saturated rings. The minimum atomic E-state index is 0.0407. The van der Waals surface area contributed by atoms with Crippen molar-refractivity contribution in [3.63, 3.8) is 0 Å². The molecule has 0 spiro atoms. The van der Waals surface area contributed by atoms with Crippen molar-refractivity contribution in [1.29, 1.82) is 0 Å². The minimum absolute atomic E-state index is 0.0407. The van der Waals surface area contributed by atoms with Gasteiger partial charge in [-0.15, -0.1) is 0 Å². The molecule has 3 aromatic rings. The summed E-state index contributed by atoms with van der Waals surface area (Å²) in [7, 11) is 3.27. The third kappa shape index (κ3) is 6.65.